The predicted molar refractivity (Wildman–Crippen MR) is 66.6 cm³/mol. The maximum absolute atomic E-state index is 5.58. The standard InChI is InChI=1S/C13H26N2O/c1-4-16-9-13(14-2)10-7-11-5-6-12(8-10)15(11)3/h10-14H,4-9H2,1-3H3. The number of likely N-dealkylation sites (N-methyl/N-ethyl adjacent to an activating group) is 1. The lowest BCUT2D eigenvalue weighted by atomic mass is 9.85. The second kappa shape index (κ2) is 5.48. The van der Waals surface area contributed by atoms with Gasteiger partial charge >= 0.3 is 0 Å². The van der Waals surface area contributed by atoms with Gasteiger partial charge in [0, 0.05) is 24.7 Å². The molecule has 3 heteroatoms. The maximum atomic E-state index is 5.58. The van der Waals surface area contributed by atoms with E-state index in [2.05, 4.69) is 31.2 Å². The molecular formula is C13H26N2O. The fourth-order valence-electron chi connectivity index (χ4n) is 3.48. The van der Waals surface area contributed by atoms with E-state index in [1.807, 2.05) is 0 Å². The number of nitrogens with one attached hydrogen (secondary N) is 1. The van der Waals surface area contributed by atoms with Crippen LogP contribution in [-0.4, -0.2) is 50.3 Å². The van der Waals surface area contributed by atoms with Gasteiger partial charge in [-0.2, -0.15) is 0 Å². The van der Waals surface area contributed by atoms with E-state index in [-0.39, 0.29) is 0 Å². The number of nitrogens with zero attached hydrogens (tertiary/aromatic N) is 1. The van der Waals surface area contributed by atoms with Crippen molar-refractivity contribution in [3.8, 4) is 0 Å². The molecule has 0 radical (unpaired) electrons. The molecule has 1 N–H and O–H groups in total. The third-order valence-corrected chi connectivity index (χ3v) is 4.58. The van der Waals surface area contributed by atoms with Crippen LogP contribution in [0.5, 0.6) is 0 Å². The molecule has 0 aromatic rings. The minimum absolute atomic E-state index is 0.553. The number of ether oxygens (including phenoxy) is 1. The number of piperidine rings is 1. The van der Waals surface area contributed by atoms with Crippen LogP contribution in [0.1, 0.15) is 32.6 Å². The lowest BCUT2D eigenvalue weighted by molar-refractivity contribution is 0.0637. The Bertz CT molecular complexity index is 208. The summed E-state index contributed by atoms with van der Waals surface area (Å²) < 4.78 is 5.58. The summed E-state index contributed by atoms with van der Waals surface area (Å²) in [5.41, 5.74) is 0. The van der Waals surface area contributed by atoms with Crippen molar-refractivity contribution in [3.63, 3.8) is 0 Å². The summed E-state index contributed by atoms with van der Waals surface area (Å²) in [5, 5.41) is 3.45. The van der Waals surface area contributed by atoms with Crippen LogP contribution in [0.4, 0.5) is 0 Å². The van der Waals surface area contributed by atoms with E-state index in [9.17, 15) is 0 Å². The van der Waals surface area contributed by atoms with Gasteiger partial charge in [0.1, 0.15) is 0 Å². The predicted octanol–water partition coefficient (Wildman–Crippen LogP) is 1.48. The van der Waals surface area contributed by atoms with Gasteiger partial charge < -0.3 is 15.0 Å². The first-order valence-electron chi connectivity index (χ1n) is 6.73. The van der Waals surface area contributed by atoms with Gasteiger partial charge in [0.25, 0.3) is 0 Å². The van der Waals surface area contributed by atoms with Crippen molar-refractivity contribution >= 4 is 0 Å². The maximum Gasteiger partial charge on any atom is 0.0622 e. The molecule has 2 fully saturated rings. The van der Waals surface area contributed by atoms with Gasteiger partial charge in [-0.3, -0.25) is 0 Å². The molecule has 3 nitrogen and oxygen atoms in total. The highest BCUT2D eigenvalue weighted by Crippen LogP contribution is 2.38. The van der Waals surface area contributed by atoms with E-state index in [1.165, 1.54) is 25.7 Å². The SMILES string of the molecule is CCOCC(NC)C1CC2CCC(C1)N2C. The van der Waals surface area contributed by atoms with Crippen LogP contribution in [0.3, 0.4) is 0 Å². The monoisotopic (exact) mass is 226 g/mol. The fraction of sp³-hybridized carbons (Fsp3) is 1.00. The van der Waals surface area contributed by atoms with Crippen LogP contribution in [0, 0.1) is 5.92 Å². The molecular weight excluding hydrogens is 200 g/mol. The summed E-state index contributed by atoms with van der Waals surface area (Å²) in [6, 6.07) is 2.22. The Labute approximate surface area is 99.5 Å². The minimum atomic E-state index is 0.553. The Morgan fingerprint density at radius 1 is 1.31 bits per heavy atom. The summed E-state index contributed by atoms with van der Waals surface area (Å²) >= 11 is 0. The minimum Gasteiger partial charge on any atom is -0.380 e. The number of fused-ring (bicyclic) bond motifs is 2. The second-order valence-corrected chi connectivity index (χ2v) is 5.34. The normalized spacial score (nSPS) is 36.6. The summed E-state index contributed by atoms with van der Waals surface area (Å²) in [6.07, 6.45) is 5.52. The molecule has 2 aliphatic rings. The van der Waals surface area contributed by atoms with Crippen molar-refractivity contribution in [1.82, 2.24) is 10.2 Å². The summed E-state index contributed by atoms with van der Waals surface area (Å²) in [7, 11) is 4.37. The third kappa shape index (κ3) is 2.41. The van der Waals surface area contributed by atoms with Gasteiger partial charge in [0.2, 0.25) is 0 Å². The smallest absolute Gasteiger partial charge is 0.0622 e. The third-order valence-electron chi connectivity index (χ3n) is 4.58. The molecule has 2 bridgehead atoms. The van der Waals surface area contributed by atoms with Gasteiger partial charge in [0.15, 0.2) is 0 Å². The van der Waals surface area contributed by atoms with Crippen LogP contribution in [0.2, 0.25) is 0 Å². The molecule has 0 saturated carbocycles. The lowest BCUT2D eigenvalue weighted by Gasteiger charge is -2.39. The zero-order valence-corrected chi connectivity index (χ0v) is 10.9. The van der Waals surface area contributed by atoms with Crippen LogP contribution in [0.25, 0.3) is 0 Å². The van der Waals surface area contributed by atoms with Crippen molar-refractivity contribution in [2.24, 2.45) is 5.92 Å². The van der Waals surface area contributed by atoms with Crippen molar-refractivity contribution in [3.05, 3.63) is 0 Å². The molecule has 0 aromatic heterocycles. The summed E-state index contributed by atoms with van der Waals surface area (Å²) in [4.78, 5) is 2.60. The van der Waals surface area contributed by atoms with E-state index in [4.69, 9.17) is 4.74 Å². The van der Waals surface area contributed by atoms with Gasteiger partial charge in [0.05, 0.1) is 6.61 Å². The summed E-state index contributed by atoms with van der Waals surface area (Å²) in [6.45, 7) is 3.78. The van der Waals surface area contributed by atoms with Crippen molar-refractivity contribution < 1.29 is 4.74 Å². The molecule has 0 spiro atoms. The molecule has 3 unspecified atom stereocenters. The largest absolute Gasteiger partial charge is 0.380 e. The highest BCUT2D eigenvalue weighted by Gasteiger charge is 2.40. The zero-order valence-electron chi connectivity index (χ0n) is 10.9. The van der Waals surface area contributed by atoms with Gasteiger partial charge in [-0.05, 0) is 52.6 Å². The molecule has 2 rings (SSSR count). The average Bonchev–Trinajstić information content (AvgIpc) is 2.54. The van der Waals surface area contributed by atoms with Crippen LogP contribution in [0.15, 0.2) is 0 Å². The van der Waals surface area contributed by atoms with Gasteiger partial charge in [-0.1, -0.05) is 0 Å². The Morgan fingerprint density at radius 2 is 1.94 bits per heavy atom. The molecule has 2 aliphatic heterocycles. The Balaban J connectivity index is 1.90. The fourth-order valence-corrected chi connectivity index (χ4v) is 3.48. The second-order valence-electron chi connectivity index (χ2n) is 5.34. The van der Waals surface area contributed by atoms with Crippen LogP contribution < -0.4 is 5.32 Å². The van der Waals surface area contributed by atoms with Gasteiger partial charge in [-0.15, -0.1) is 0 Å². The Hall–Kier alpha value is -0.120. The molecule has 3 atom stereocenters. The Kier molecular flexibility index (Phi) is 4.22. The highest BCUT2D eigenvalue weighted by atomic mass is 16.5. The van der Waals surface area contributed by atoms with Crippen molar-refractivity contribution in [2.75, 3.05) is 27.3 Å². The molecule has 2 saturated heterocycles. The number of rotatable bonds is 5. The molecule has 0 aromatic carbocycles. The molecule has 94 valence electrons. The first-order valence-corrected chi connectivity index (χ1v) is 6.73. The molecule has 0 amide bonds. The molecule has 2 heterocycles. The Morgan fingerprint density at radius 3 is 2.44 bits per heavy atom. The van der Waals surface area contributed by atoms with E-state index in [0.29, 0.717) is 6.04 Å². The van der Waals surface area contributed by atoms with E-state index < -0.39 is 0 Å². The lowest BCUT2D eigenvalue weighted by Crippen LogP contribution is -2.47. The van der Waals surface area contributed by atoms with Crippen LogP contribution in [-0.2, 0) is 4.74 Å². The zero-order chi connectivity index (χ0) is 11.5. The molecule has 16 heavy (non-hydrogen) atoms. The van der Waals surface area contributed by atoms with E-state index in [0.717, 1.165) is 31.2 Å². The number of hydrogen-bond donors (Lipinski definition) is 1. The highest BCUT2D eigenvalue weighted by molar-refractivity contribution is 4.96. The van der Waals surface area contributed by atoms with Crippen molar-refractivity contribution in [1.29, 1.82) is 0 Å². The first-order chi connectivity index (χ1) is 7.76. The van der Waals surface area contributed by atoms with Gasteiger partial charge in [-0.25, -0.2) is 0 Å². The first kappa shape index (κ1) is 12.3. The molecule has 0 aliphatic carbocycles. The topological polar surface area (TPSA) is 24.5 Å². The van der Waals surface area contributed by atoms with E-state index in [1.54, 1.807) is 0 Å². The van der Waals surface area contributed by atoms with Crippen molar-refractivity contribution in [2.45, 2.75) is 50.7 Å². The summed E-state index contributed by atoms with van der Waals surface area (Å²) in [5.74, 6) is 0.810. The number of hydrogen-bond acceptors (Lipinski definition) is 3. The van der Waals surface area contributed by atoms with Crippen LogP contribution >= 0.6 is 0 Å². The quantitative estimate of drug-likeness (QED) is 0.768. The average molecular weight is 226 g/mol. The van der Waals surface area contributed by atoms with E-state index >= 15 is 0 Å².